The summed E-state index contributed by atoms with van der Waals surface area (Å²) in [5, 5.41) is 0. The quantitative estimate of drug-likeness (QED) is 0.698. The van der Waals surface area contributed by atoms with Crippen molar-refractivity contribution in [2.75, 3.05) is 7.11 Å². The number of halogens is 2. The van der Waals surface area contributed by atoms with Gasteiger partial charge in [-0.1, -0.05) is 0 Å². The van der Waals surface area contributed by atoms with E-state index in [0.29, 0.717) is 11.4 Å². The van der Waals surface area contributed by atoms with Crippen LogP contribution in [0.1, 0.15) is 10.4 Å². The van der Waals surface area contributed by atoms with Gasteiger partial charge < -0.3 is 4.74 Å². The van der Waals surface area contributed by atoms with E-state index < -0.39 is 0 Å². The Kier molecular flexibility index (Phi) is 7.90. The topological polar surface area (TPSA) is 39.2 Å². The van der Waals surface area contributed by atoms with Crippen LogP contribution >= 0.6 is 24.8 Å². The van der Waals surface area contributed by atoms with Crippen molar-refractivity contribution in [3.63, 3.8) is 0 Å². The average molecular weight is 210 g/mol. The molecule has 0 aliphatic heterocycles. The first-order valence-electron chi connectivity index (χ1n) is 2.82. The number of aldehydes is 1. The molecule has 0 saturated heterocycles. The van der Waals surface area contributed by atoms with Gasteiger partial charge >= 0.3 is 0 Å². The van der Waals surface area contributed by atoms with E-state index in [2.05, 4.69) is 4.98 Å². The predicted octanol–water partition coefficient (Wildman–Crippen LogP) is 1.75. The minimum atomic E-state index is 0. The Morgan fingerprint density at radius 3 is 2.67 bits per heavy atom. The first-order chi connectivity index (χ1) is 4.86. The molecular weight excluding hydrogens is 201 g/mol. The fraction of sp³-hybridized carbons (Fsp3) is 0.143. The van der Waals surface area contributed by atoms with Crippen LogP contribution in [0.5, 0.6) is 5.88 Å². The lowest BCUT2D eigenvalue weighted by atomic mass is 10.3. The highest BCUT2D eigenvalue weighted by Gasteiger charge is 1.92. The maximum atomic E-state index is 10.2. The third-order valence-corrected chi connectivity index (χ3v) is 1.10. The molecule has 1 aromatic rings. The third-order valence-electron chi connectivity index (χ3n) is 1.10. The number of pyridine rings is 1. The smallest absolute Gasteiger partial charge is 0.213 e. The molecule has 0 saturated carbocycles. The minimum absolute atomic E-state index is 0. The molecule has 68 valence electrons. The van der Waals surface area contributed by atoms with Gasteiger partial charge in [0, 0.05) is 17.8 Å². The summed E-state index contributed by atoms with van der Waals surface area (Å²) in [5.74, 6) is 0.463. The molecule has 1 heterocycles. The molecule has 0 aliphatic rings. The van der Waals surface area contributed by atoms with Crippen molar-refractivity contribution >= 4 is 31.1 Å². The number of nitrogens with zero attached hydrogens (tertiary/aromatic N) is 1. The van der Waals surface area contributed by atoms with Gasteiger partial charge in [0.25, 0.3) is 0 Å². The van der Waals surface area contributed by atoms with Gasteiger partial charge in [-0.15, -0.1) is 24.8 Å². The first kappa shape index (κ1) is 13.8. The second-order valence-corrected chi connectivity index (χ2v) is 1.75. The van der Waals surface area contributed by atoms with Crippen LogP contribution in [0.2, 0.25) is 0 Å². The van der Waals surface area contributed by atoms with Gasteiger partial charge in [0.05, 0.1) is 7.11 Å². The highest BCUT2D eigenvalue weighted by atomic mass is 35.5. The molecule has 0 bridgehead atoms. The largest absolute Gasteiger partial charge is 0.481 e. The summed E-state index contributed by atoms with van der Waals surface area (Å²) < 4.78 is 4.79. The molecule has 0 aliphatic carbocycles. The van der Waals surface area contributed by atoms with E-state index in [-0.39, 0.29) is 24.8 Å². The maximum Gasteiger partial charge on any atom is 0.213 e. The highest BCUT2D eigenvalue weighted by Crippen LogP contribution is 2.05. The standard InChI is InChI=1S/C7H7NO2.2ClH/c1-10-7-4-6(5-9)2-3-8-7;;/h2-5H,1H3;2*1H. The molecule has 3 nitrogen and oxygen atoms in total. The molecule has 0 N–H and O–H groups in total. The number of aromatic nitrogens is 1. The van der Waals surface area contributed by atoms with Crippen molar-refractivity contribution in [3.05, 3.63) is 23.9 Å². The summed E-state index contributed by atoms with van der Waals surface area (Å²) in [5.41, 5.74) is 0.576. The second-order valence-electron chi connectivity index (χ2n) is 1.75. The summed E-state index contributed by atoms with van der Waals surface area (Å²) in [4.78, 5) is 14.0. The number of methoxy groups -OCH3 is 1. The SMILES string of the molecule is COc1cc(C=O)ccn1.Cl.Cl. The predicted molar refractivity (Wildman–Crippen MR) is 50.7 cm³/mol. The Morgan fingerprint density at radius 1 is 1.50 bits per heavy atom. The monoisotopic (exact) mass is 209 g/mol. The van der Waals surface area contributed by atoms with Crippen LogP contribution in [-0.4, -0.2) is 18.4 Å². The molecule has 0 spiro atoms. The number of carbonyl (C=O) groups excluding carboxylic acids is 1. The zero-order valence-corrected chi connectivity index (χ0v) is 8.02. The van der Waals surface area contributed by atoms with Crippen LogP contribution in [0.3, 0.4) is 0 Å². The number of hydrogen-bond acceptors (Lipinski definition) is 3. The van der Waals surface area contributed by atoms with Crippen molar-refractivity contribution in [3.8, 4) is 5.88 Å². The zero-order chi connectivity index (χ0) is 7.40. The molecule has 0 unspecified atom stereocenters. The van der Waals surface area contributed by atoms with E-state index >= 15 is 0 Å². The van der Waals surface area contributed by atoms with Crippen molar-refractivity contribution < 1.29 is 9.53 Å². The van der Waals surface area contributed by atoms with Crippen LogP contribution in [-0.2, 0) is 0 Å². The molecule has 0 radical (unpaired) electrons. The van der Waals surface area contributed by atoms with Gasteiger partial charge in [0.1, 0.15) is 6.29 Å². The maximum absolute atomic E-state index is 10.2. The zero-order valence-electron chi connectivity index (χ0n) is 6.39. The summed E-state index contributed by atoms with van der Waals surface area (Å²) in [6.45, 7) is 0. The summed E-state index contributed by atoms with van der Waals surface area (Å²) in [7, 11) is 1.51. The van der Waals surface area contributed by atoms with E-state index in [1.807, 2.05) is 0 Å². The fourth-order valence-electron chi connectivity index (χ4n) is 0.610. The average Bonchev–Trinajstić information content (AvgIpc) is 2.05. The number of hydrogen-bond donors (Lipinski definition) is 0. The second kappa shape index (κ2) is 6.88. The highest BCUT2D eigenvalue weighted by molar-refractivity contribution is 5.85. The van der Waals surface area contributed by atoms with Gasteiger partial charge in [-0.2, -0.15) is 0 Å². The number of carbonyl (C=O) groups is 1. The Bertz CT molecular complexity index is 243. The van der Waals surface area contributed by atoms with Gasteiger partial charge in [0.2, 0.25) is 5.88 Å². The van der Waals surface area contributed by atoms with Crippen LogP contribution in [0, 0.1) is 0 Å². The van der Waals surface area contributed by atoms with Gasteiger partial charge in [0.15, 0.2) is 0 Å². The van der Waals surface area contributed by atoms with E-state index in [1.165, 1.54) is 13.3 Å². The molecular formula is C7H9Cl2NO2. The lowest BCUT2D eigenvalue weighted by Gasteiger charge is -1.95. The van der Waals surface area contributed by atoms with Crippen LogP contribution < -0.4 is 4.74 Å². The molecule has 1 rings (SSSR count). The number of rotatable bonds is 2. The van der Waals surface area contributed by atoms with Gasteiger partial charge in [-0.05, 0) is 6.07 Å². The van der Waals surface area contributed by atoms with Gasteiger partial charge in [-0.25, -0.2) is 4.98 Å². The Hall–Kier alpha value is -0.800. The summed E-state index contributed by atoms with van der Waals surface area (Å²) in [6.07, 6.45) is 2.28. The fourth-order valence-corrected chi connectivity index (χ4v) is 0.610. The molecule has 5 heteroatoms. The normalized spacial score (nSPS) is 7.42. The van der Waals surface area contributed by atoms with Crippen molar-refractivity contribution in [1.29, 1.82) is 0 Å². The molecule has 0 fully saturated rings. The lowest BCUT2D eigenvalue weighted by Crippen LogP contribution is -1.88. The minimum Gasteiger partial charge on any atom is -0.481 e. The van der Waals surface area contributed by atoms with E-state index in [1.54, 1.807) is 12.1 Å². The lowest BCUT2D eigenvalue weighted by molar-refractivity contribution is 0.112. The third kappa shape index (κ3) is 3.55. The van der Waals surface area contributed by atoms with E-state index in [0.717, 1.165) is 6.29 Å². The Labute approximate surface area is 83.0 Å². The van der Waals surface area contributed by atoms with Gasteiger partial charge in [-0.3, -0.25) is 4.79 Å². The van der Waals surface area contributed by atoms with E-state index in [4.69, 9.17) is 4.74 Å². The van der Waals surface area contributed by atoms with Crippen LogP contribution in [0.25, 0.3) is 0 Å². The van der Waals surface area contributed by atoms with Crippen molar-refractivity contribution in [1.82, 2.24) is 4.98 Å². The molecule has 0 atom stereocenters. The van der Waals surface area contributed by atoms with Crippen molar-refractivity contribution in [2.45, 2.75) is 0 Å². The van der Waals surface area contributed by atoms with Crippen molar-refractivity contribution in [2.24, 2.45) is 0 Å². The number of ether oxygens (including phenoxy) is 1. The summed E-state index contributed by atoms with van der Waals surface area (Å²) in [6, 6.07) is 3.20. The van der Waals surface area contributed by atoms with E-state index in [9.17, 15) is 4.79 Å². The van der Waals surface area contributed by atoms with Crippen LogP contribution in [0.15, 0.2) is 18.3 Å². The molecule has 12 heavy (non-hydrogen) atoms. The van der Waals surface area contributed by atoms with Crippen LogP contribution in [0.4, 0.5) is 0 Å². The Balaban J connectivity index is 0. The Morgan fingerprint density at radius 2 is 2.17 bits per heavy atom. The molecule has 1 aromatic heterocycles. The summed E-state index contributed by atoms with van der Waals surface area (Å²) >= 11 is 0. The molecule has 0 aromatic carbocycles. The first-order valence-corrected chi connectivity index (χ1v) is 2.82. The molecule has 0 amide bonds.